The van der Waals surface area contributed by atoms with Gasteiger partial charge < -0.3 is 20.1 Å². The number of ether oxygens (including phenoxy) is 2. The predicted octanol–water partition coefficient (Wildman–Crippen LogP) is 2.48. The Bertz CT molecular complexity index is 332. The number of unbranched alkanes of at least 4 members (excludes halogenated alkanes) is 1. The van der Waals surface area contributed by atoms with Gasteiger partial charge in [0.15, 0.2) is 5.96 Å². The first kappa shape index (κ1) is 24.9. The molecule has 1 aliphatic heterocycles. The van der Waals surface area contributed by atoms with E-state index in [9.17, 15) is 0 Å². The lowest BCUT2D eigenvalue weighted by molar-refractivity contribution is 0.0487. The quantitative estimate of drug-likeness (QED) is 0.199. The molecule has 6 nitrogen and oxygen atoms in total. The number of halogens is 1. The van der Waals surface area contributed by atoms with Gasteiger partial charge in [0.2, 0.25) is 0 Å². The predicted molar refractivity (Wildman–Crippen MR) is 116 cm³/mol. The van der Waals surface area contributed by atoms with E-state index in [0.717, 1.165) is 38.6 Å². The fraction of sp³-hybridized carbons (Fsp3) is 0.944. The molecule has 0 radical (unpaired) electrons. The third kappa shape index (κ3) is 12.8. The summed E-state index contributed by atoms with van der Waals surface area (Å²) in [4.78, 5) is 6.81. The highest BCUT2D eigenvalue weighted by Gasteiger charge is 2.17. The summed E-state index contributed by atoms with van der Waals surface area (Å²) < 4.78 is 11.0. The molecule has 1 saturated heterocycles. The highest BCUT2D eigenvalue weighted by atomic mass is 127. The lowest BCUT2D eigenvalue weighted by atomic mass is 10.0. The molecule has 0 bridgehead atoms. The number of likely N-dealkylation sites (tertiary alicyclic amines) is 1. The topological polar surface area (TPSA) is 58.1 Å². The first-order valence-corrected chi connectivity index (χ1v) is 9.62. The fourth-order valence-electron chi connectivity index (χ4n) is 2.84. The molecule has 1 unspecified atom stereocenters. The van der Waals surface area contributed by atoms with Crippen LogP contribution in [0.4, 0.5) is 0 Å². The SMILES string of the molecule is CCCCOCCOCCNC(=NC)NCCN1CCCCC1C.I. The van der Waals surface area contributed by atoms with E-state index in [1.54, 1.807) is 7.05 Å². The molecule has 1 atom stereocenters. The molecule has 0 aromatic heterocycles. The van der Waals surface area contributed by atoms with Gasteiger partial charge in [-0.3, -0.25) is 9.89 Å². The van der Waals surface area contributed by atoms with Crippen LogP contribution in [0.2, 0.25) is 0 Å². The van der Waals surface area contributed by atoms with Crippen molar-refractivity contribution in [2.45, 2.75) is 52.0 Å². The highest BCUT2D eigenvalue weighted by molar-refractivity contribution is 14.0. The third-order valence-corrected chi connectivity index (χ3v) is 4.41. The maximum absolute atomic E-state index is 5.54. The van der Waals surface area contributed by atoms with Gasteiger partial charge in [-0.1, -0.05) is 19.8 Å². The Morgan fingerprint density at radius 1 is 1.08 bits per heavy atom. The molecule has 0 aromatic rings. The van der Waals surface area contributed by atoms with Crippen molar-refractivity contribution in [3.63, 3.8) is 0 Å². The zero-order valence-corrected chi connectivity index (χ0v) is 18.7. The summed E-state index contributed by atoms with van der Waals surface area (Å²) in [5.41, 5.74) is 0. The van der Waals surface area contributed by atoms with Crippen LogP contribution in [-0.4, -0.2) is 76.6 Å². The molecule has 0 spiro atoms. The van der Waals surface area contributed by atoms with Gasteiger partial charge in [-0.05, 0) is 32.7 Å². The van der Waals surface area contributed by atoms with Gasteiger partial charge in [0.1, 0.15) is 0 Å². The molecule has 0 amide bonds. The number of hydrogen-bond acceptors (Lipinski definition) is 4. The van der Waals surface area contributed by atoms with Crippen molar-refractivity contribution in [1.29, 1.82) is 0 Å². The molecule has 1 rings (SSSR count). The zero-order chi connectivity index (χ0) is 17.5. The van der Waals surface area contributed by atoms with Crippen molar-refractivity contribution in [3.05, 3.63) is 0 Å². The van der Waals surface area contributed by atoms with E-state index in [0.29, 0.717) is 25.9 Å². The van der Waals surface area contributed by atoms with Crippen LogP contribution in [0.5, 0.6) is 0 Å². The molecule has 1 fully saturated rings. The van der Waals surface area contributed by atoms with E-state index in [1.165, 1.54) is 32.2 Å². The van der Waals surface area contributed by atoms with Crippen LogP contribution in [0.15, 0.2) is 4.99 Å². The van der Waals surface area contributed by atoms with Gasteiger partial charge in [0.05, 0.1) is 19.8 Å². The number of aliphatic imine (C=N–C) groups is 1. The molecule has 150 valence electrons. The van der Waals surface area contributed by atoms with Crippen molar-refractivity contribution in [2.24, 2.45) is 4.99 Å². The van der Waals surface area contributed by atoms with Crippen LogP contribution in [-0.2, 0) is 9.47 Å². The Morgan fingerprint density at radius 3 is 2.48 bits per heavy atom. The molecule has 0 aliphatic carbocycles. The lowest BCUT2D eigenvalue weighted by Gasteiger charge is -2.33. The molecular formula is C18H39IN4O2. The molecule has 1 aliphatic rings. The maximum Gasteiger partial charge on any atom is 0.191 e. The normalized spacial score (nSPS) is 18.7. The van der Waals surface area contributed by atoms with Crippen LogP contribution in [0.1, 0.15) is 46.0 Å². The molecule has 7 heteroatoms. The first-order valence-electron chi connectivity index (χ1n) is 9.62. The minimum atomic E-state index is 0. The second-order valence-electron chi connectivity index (χ2n) is 6.38. The van der Waals surface area contributed by atoms with E-state index in [-0.39, 0.29) is 24.0 Å². The summed E-state index contributed by atoms with van der Waals surface area (Å²) in [6, 6.07) is 0.712. The summed E-state index contributed by atoms with van der Waals surface area (Å²) in [5, 5.41) is 6.66. The minimum absolute atomic E-state index is 0. The van der Waals surface area contributed by atoms with Gasteiger partial charge in [0.25, 0.3) is 0 Å². The summed E-state index contributed by atoms with van der Waals surface area (Å²) in [6.07, 6.45) is 6.33. The molecule has 0 aromatic carbocycles. The Hall–Kier alpha value is -0.120. The molecule has 25 heavy (non-hydrogen) atoms. The second kappa shape index (κ2) is 17.3. The summed E-state index contributed by atoms with van der Waals surface area (Å²) in [6.45, 7) is 11.3. The Balaban J connectivity index is 0.00000576. The van der Waals surface area contributed by atoms with Crippen LogP contribution < -0.4 is 10.6 Å². The Kier molecular flexibility index (Phi) is 17.2. The van der Waals surface area contributed by atoms with Gasteiger partial charge in [-0.25, -0.2) is 0 Å². The summed E-state index contributed by atoms with van der Waals surface area (Å²) in [5.74, 6) is 0.849. The average Bonchev–Trinajstić information content (AvgIpc) is 2.60. The summed E-state index contributed by atoms with van der Waals surface area (Å²) in [7, 11) is 1.81. The van der Waals surface area contributed by atoms with Crippen molar-refractivity contribution < 1.29 is 9.47 Å². The van der Waals surface area contributed by atoms with Crippen molar-refractivity contribution in [1.82, 2.24) is 15.5 Å². The van der Waals surface area contributed by atoms with Gasteiger partial charge >= 0.3 is 0 Å². The second-order valence-corrected chi connectivity index (χ2v) is 6.38. The Morgan fingerprint density at radius 2 is 1.80 bits per heavy atom. The molecule has 1 heterocycles. The molecule has 0 saturated carbocycles. The largest absolute Gasteiger partial charge is 0.379 e. The number of guanidine groups is 1. The number of nitrogens with zero attached hydrogens (tertiary/aromatic N) is 2. The zero-order valence-electron chi connectivity index (χ0n) is 16.4. The van der Waals surface area contributed by atoms with Gasteiger partial charge in [-0.15, -0.1) is 24.0 Å². The van der Waals surface area contributed by atoms with Crippen LogP contribution in [0.25, 0.3) is 0 Å². The highest BCUT2D eigenvalue weighted by Crippen LogP contribution is 2.15. The minimum Gasteiger partial charge on any atom is -0.379 e. The smallest absolute Gasteiger partial charge is 0.191 e. The molecular weight excluding hydrogens is 431 g/mol. The van der Waals surface area contributed by atoms with Gasteiger partial charge in [0, 0.05) is 39.3 Å². The number of nitrogens with one attached hydrogen (secondary N) is 2. The fourth-order valence-corrected chi connectivity index (χ4v) is 2.84. The van der Waals surface area contributed by atoms with Crippen molar-refractivity contribution in [3.8, 4) is 0 Å². The van der Waals surface area contributed by atoms with Crippen molar-refractivity contribution in [2.75, 3.05) is 59.7 Å². The maximum atomic E-state index is 5.54. The monoisotopic (exact) mass is 470 g/mol. The summed E-state index contributed by atoms with van der Waals surface area (Å²) >= 11 is 0. The van der Waals surface area contributed by atoms with Crippen molar-refractivity contribution >= 4 is 29.9 Å². The van der Waals surface area contributed by atoms with Crippen LogP contribution in [0.3, 0.4) is 0 Å². The number of piperidine rings is 1. The van der Waals surface area contributed by atoms with E-state index in [4.69, 9.17) is 9.47 Å². The van der Waals surface area contributed by atoms with Crippen LogP contribution in [0, 0.1) is 0 Å². The van der Waals surface area contributed by atoms with E-state index in [2.05, 4.69) is 34.4 Å². The number of hydrogen-bond donors (Lipinski definition) is 2. The Labute approximate surface area is 171 Å². The van der Waals surface area contributed by atoms with Gasteiger partial charge in [-0.2, -0.15) is 0 Å². The van der Waals surface area contributed by atoms with E-state index in [1.807, 2.05) is 0 Å². The number of rotatable bonds is 12. The average molecular weight is 470 g/mol. The van der Waals surface area contributed by atoms with E-state index < -0.39 is 0 Å². The molecule has 2 N–H and O–H groups in total. The lowest BCUT2D eigenvalue weighted by Crippen LogP contribution is -2.45. The van der Waals surface area contributed by atoms with E-state index >= 15 is 0 Å². The van der Waals surface area contributed by atoms with Crippen LogP contribution >= 0.6 is 24.0 Å². The standard InChI is InChI=1S/C18H38N4O2.HI/c1-4-5-13-23-15-16-24-14-10-21-18(19-3)20-9-12-22-11-7-6-8-17(22)2;/h17H,4-16H2,1-3H3,(H2,19,20,21);1H. The first-order chi connectivity index (χ1) is 11.8. The third-order valence-electron chi connectivity index (χ3n) is 4.41.